The fourth-order valence-corrected chi connectivity index (χ4v) is 1.91. The Morgan fingerprint density at radius 3 is 2.58 bits per heavy atom. The highest BCUT2D eigenvalue weighted by atomic mass is 16.5. The van der Waals surface area contributed by atoms with Gasteiger partial charge in [-0.3, -0.25) is 4.90 Å². The highest BCUT2D eigenvalue weighted by molar-refractivity contribution is 4.84. The van der Waals surface area contributed by atoms with E-state index < -0.39 is 0 Å². The van der Waals surface area contributed by atoms with Gasteiger partial charge in [0.1, 0.15) is 0 Å². The van der Waals surface area contributed by atoms with Crippen LogP contribution >= 0.6 is 0 Å². The summed E-state index contributed by atoms with van der Waals surface area (Å²) < 4.78 is 5.62. The van der Waals surface area contributed by atoms with E-state index in [1.165, 1.54) is 0 Å². The third-order valence-electron chi connectivity index (χ3n) is 2.58. The molecule has 1 saturated heterocycles. The second-order valence-electron chi connectivity index (χ2n) is 3.66. The van der Waals surface area contributed by atoms with Crippen molar-refractivity contribution in [2.75, 3.05) is 20.2 Å². The van der Waals surface area contributed by atoms with Crippen molar-refractivity contribution in [2.24, 2.45) is 0 Å². The molecule has 12 heavy (non-hydrogen) atoms. The van der Waals surface area contributed by atoms with Crippen molar-refractivity contribution in [1.82, 2.24) is 4.90 Å². The minimum absolute atomic E-state index is 0.230. The average Bonchev–Trinajstić information content (AvgIpc) is 2.30. The molecule has 0 aliphatic carbocycles. The quantitative estimate of drug-likeness (QED) is 0.673. The van der Waals surface area contributed by atoms with E-state index in [4.69, 9.17) is 9.84 Å². The van der Waals surface area contributed by atoms with Gasteiger partial charge in [0.2, 0.25) is 0 Å². The highest BCUT2D eigenvalue weighted by Gasteiger charge is 2.31. The third-order valence-corrected chi connectivity index (χ3v) is 2.58. The fraction of sp³-hybridized carbons (Fsp3) is 1.00. The summed E-state index contributed by atoms with van der Waals surface area (Å²) in [7, 11) is 2.04. The zero-order chi connectivity index (χ0) is 9.14. The summed E-state index contributed by atoms with van der Waals surface area (Å²) in [6.07, 6.45) is 1.75. The number of aliphatic hydroxyl groups excluding tert-OH is 1. The van der Waals surface area contributed by atoms with E-state index in [0.717, 1.165) is 13.0 Å². The average molecular weight is 173 g/mol. The lowest BCUT2D eigenvalue weighted by Crippen LogP contribution is -2.38. The minimum Gasteiger partial charge on any atom is -0.395 e. The van der Waals surface area contributed by atoms with Gasteiger partial charge in [-0.2, -0.15) is 0 Å². The van der Waals surface area contributed by atoms with Gasteiger partial charge in [-0.25, -0.2) is 0 Å². The zero-order valence-electron chi connectivity index (χ0n) is 8.16. The van der Waals surface area contributed by atoms with Crippen molar-refractivity contribution in [3.05, 3.63) is 0 Å². The summed E-state index contributed by atoms with van der Waals surface area (Å²) in [6.45, 7) is 5.17. The van der Waals surface area contributed by atoms with Crippen LogP contribution in [0.4, 0.5) is 0 Å². The van der Waals surface area contributed by atoms with Gasteiger partial charge in [-0.15, -0.1) is 0 Å². The second-order valence-corrected chi connectivity index (χ2v) is 3.66. The van der Waals surface area contributed by atoms with E-state index in [1.54, 1.807) is 0 Å². The first-order valence-electron chi connectivity index (χ1n) is 4.61. The zero-order valence-corrected chi connectivity index (χ0v) is 8.16. The Morgan fingerprint density at radius 1 is 1.50 bits per heavy atom. The Labute approximate surface area is 74.3 Å². The number of aliphatic hydroxyl groups is 1. The van der Waals surface area contributed by atoms with Gasteiger partial charge in [0.25, 0.3) is 0 Å². The van der Waals surface area contributed by atoms with E-state index in [1.807, 2.05) is 7.05 Å². The molecule has 1 N–H and O–H groups in total. The summed E-state index contributed by atoms with van der Waals surface area (Å²) in [5, 5.41) is 8.77. The normalized spacial score (nSPS) is 36.2. The van der Waals surface area contributed by atoms with Crippen molar-refractivity contribution >= 4 is 0 Å². The summed E-state index contributed by atoms with van der Waals surface area (Å²) in [4.78, 5) is 2.17. The minimum atomic E-state index is 0.230. The number of hydrogen-bond donors (Lipinski definition) is 1. The van der Waals surface area contributed by atoms with Gasteiger partial charge in [0, 0.05) is 12.6 Å². The molecular formula is C9H19NO2. The molecule has 3 unspecified atom stereocenters. The van der Waals surface area contributed by atoms with E-state index in [-0.39, 0.29) is 6.61 Å². The van der Waals surface area contributed by atoms with Crippen molar-refractivity contribution in [3.63, 3.8) is 0 Å². The van der Waals surface area contributed by atoms with E-state index >= 15 is 0 Å². The topological polar surface area (TPSA) is 32.7 Å². The van der Waals surface area contributed by atoms with Crippen LogP contribution in [-0.2, 0) is 4.74 Å². The first-order valence-corrected chi connectivity index (χ1v) is 4.61. The molecule has 0 bridgehead atoms. The molecule has 1 rings (SSSR count). The highest BCUT2D eigenvalue weighted by Crippen LogP contribution is 2.23. The van der Waals surface area contributed by atoms with E-state index in [0.29, 0.717) is 18.2 Å². The van der Waals surface area contributed by atoms with Crippen molar-refractivity contribution in [3.8, 4) is 0 Å². The van der Waals surface area contributed by atoms with Crippen LogP contribution in [0, 0.1) is 0 Å². The molecule has 0 spiro atoms. The lowest BCUT2D eigenvalue weighted by atomic mass is 10.1. The number of nitrogens with zero attached hydrogens (tertiary/aromatic N) is 1. The first-order chi connectivity index (χ1) is 5.65. The third kappa shape index (κ3) is 2.19. The maximum atomic E-state index is 8.77. The molecule has 72 valence electrons. The Balaban J connectivity index is 2.40. The lowest BCUT2D eigenvalue weighted by molar-refractivity contribution is 0.0431. The summed E-state index contributed by atoms with van der Waals surface area (Å²) in [5.74, 6) is 0. The van der Waals surface area contributed by atoms with Gasteiger partial charge in [-0.1, -0.05) is 0 Å². The SMILES string of the molecule is CC1CC(N(C)CCO)C(C)O1. The Bertz CT molecular complexity index is 140. The van der Waals surface area contributed by atoms with Crippen LogP contribution in [0.1, 0.15) is 20.3 Å². The summed E-state index contributed by atoms with van der Waals surface area (Å²) in [5.41, 5.74) is 0. The molecule has 0 aromatic rings. The molecule has 1 aliphatic rings. The number of hydrogen-bond acceptors (Lipinski definition) is 3. The van der Waals surface area contributed by atoms with Gasteiger partial charge in [0.05, 0.1) is 18.8 Å². The molecule has 0 amide bonds. The maximum Gasteiger partial charge on any atom is 0.0706 e. The molecule has 0 saturated carbocycles. The van der Waals surface area contributed by atoms with Gasteiger partial charge >= 0.3 is 0 Å². The molecule has 3 atom stereocenters. The largest absolute Gasteiger partial charge is 0.395 e. The van der Waals surface area contributed by atoms with Crippen LogP contribution in [0.15, 0.2) is 0 Å². The smallest absolute Gasteiger partial charge is 0.0706 e. The standard InChI is InChI=1S/C9H19NO2/c1-7-6-9(8(2)12-7)10(3)4-5-11/h7-9,11H,4-6H2,1-3H3. The van der Waals surface area contributed by atoms with Crippen LogP contribution in [0.3, 0.4) is 0 Å². The van der Waals surface area contributed by atoms with Gasteiger partial charge < -0.3 is 9.84 Å². The van der Waals surface area contributed by atoms with Gasteiger partial charge in [0.15, 0.2) is 0 Å². The maximum absolute atomic E-state index is 8.77. The van der Waals surface area contributed by atoms with E-state index in [2.05, 4.69) is 18.7 Å². The van der Waals surface area contributed by atoms with Crippen LogP contribution in [-0.4, -0.2) is 48.5 Å². The second kappa shape index (κ2) is 4.21. The molecule has 3 nitrogen and oxygen atoms in total. The number of likely N-dealkylation sites (N-methyl/N-ethyl adjacent to an activating group) is 1. The van der Waals surface area contributed by atoms with Gasteiger partial charge in [-0.05, 0) is 27.3 Å². The Kier molecular flexibility index (Phi) is 3.50. The van der Waals surface area contributed by atoms with Crippen LogP contribution in [0.2, 0.25) is 0 Å². The van der Waals surface area contributed by atoms with Crippen LogP contribution in [0.25, 0.3) is 0 Å². The lowest BCUT2D eigenvalue weighted by Gasteiger charge is -2.25. The molecule has 1 fully saturated rings. The number of rotatable bonds is 3. The molecule has 1 aliphatic heterocycles. The molecule has 0 aromatic carbocycles. The monoisotopic (exact) mass is 173 g/mol. The van der Waals surface area contributed by atoms with Crippen LogP contribution in [0.5, 0.6) is 0 Å². The predicted molar refractivity (Wildman–Crippen MR) is 48.1 cm³/mol. The molecule has 1 heterocycles. The summed E-state index contributed by atoms with van der Waals surface area (Å²) in [6, 6.07) is 0.479. The Hall–Kier alpha value is -0.120. The van der Waals surface area contributed by atoms with Crippen molar-refractivity contribution < 1.29 is 9.84 Å². The molecular weight excluding hydrogens is 154 g/mol. The molecule has 0 radical (unpaired) electrons. The van der Waals surface area contributed by atoms with Crippen molar-refractivity contribution in [1.29, 1.82) is 0 Å². The fourth-order valence-electron chi connectivity index (χ4n) is 1.91. The number of ether oxygens (including phenoxy) is 1. The van der Waals surface area contributed by atoms with Crippen molar-refractivity contribution in [2.45, 2.75) is 38.5 Å². The molecule has 0 aromatic heterocycles. The van der Waals surface area contributed by atoms with E-state index in [9.17, 15) is 0 Å². The Morgan fingerprint density at radius 2 is 2.17 bits per heavy atom. The predicted octanol–water partition coefficient (Wildman–Crippen LogP) is 0.476. The van der Waals surface area contributed by atoms with Crippen LogP contribution < -0.4 is 0 Å². The first kappa shape index (κ1) is 9.96. The summed E-state index contributed by atoms with van der Waals surface area (Å²) >= 11 is 0. The molecule has 3 heteroatoms.